The second kappa shape index (κ2) is 11.9. The third kappa shape index (κ3) is 9.18. The quantitative estimate of drug-likeness (QED) is 0.366. The van der Waals surface area contributed by atoms with Gasteiger partial charge in [-0.1, -0.05) is 19.3 Å². The Balaban J connectivity index is 2.17. The van der Waals surface area contributed by atoms with Gasteiger partial charge in [0.2, 0.25) is 0 Å². The molecule has 0 atom stereocenters. The van der Waals surface area contributed by atoms with Crippen molar-refractivity contribution in [3.05, 3.63) is 12.2 Å². The van der Waals surface area contributed by atoms with E-state index in [1.807, 2.05) is 7.05 Å². The minimum absolute atomic E-state index is 0.538. The number of aromatic nitrogens is 3. The van der Waals surface area contributed by atoms with Crippen molar-refractivity contribution < 1.29 is 0 Å². The summed E-state index contributed by atoms with van der Waals surface area (Å²) in [6.45, 7) is 5.62. The third-order valence-electron chi connectivity index (χ3n) is 3.60. The SMILES string of the molecule is CCNC(=NCc1ncnn1C)NCCCCCCCN(C)C. The zero-order chi connectivity index (χ0) is 16.9. The Morgan fingerprint density at radius 1 is 1.17 bits per heavy atom. The monoisotopic (exact) mass is 323 g/mol. The fourth-order valence-corrected chi connectivity index (χ4v) is 2.24. The minimum Gasteiger partial charge on any atom is -0.357 e. The van der Waals surface area contributed by atoms with Crippen LogP contribution in [-0.4, -0.2) is 59.4 Å². The smallest absolute Gasteiger partial charge is 0.191 e. The molecule has 132 valence electrons. The van der Waals surface area contributed by atoms with Crippen molar-refractivity contribution in [2.75, 3.05) is 33.7 Å². The van der Waals surface area contributed by atoms with Gasteiger partial charge >= 0.3 is 0 Å². The zero-order valence-corrected chi connectivity index (χ0v) is 15.2. The normalized spacial score (nSPS) is 12.0. The molecule has 0 bridgehead atoms. The molecule has 0 aliphatic rings. The molecule has 2 N–H and O–H groups in total. The number of aliphatic imine (C=N–C) groups is 1. The molecule has 0 aliphatic carbocycles. The molecule has 7 nitrogen and oxygen atoms in total. The highest BCUT2D eigenvalue weighted by atomic mass is 15.3. The number of hydrogen-bond acceptors (Lipinski definition) is 4. The summed E-state index contributed by atoms with van der Waals surface area (Å²) in [5.41, 5.74) is 0. The van der Waals surface area contributed by atoms with Gasteiger partial charge in [0, 0.05) is 20.1 Å². The lowest BCUT2D eigenvalue weighted by Gasteiger charge is -2.11. The molecule has 23 heavy (non-hydrogen) atoms. The molecule has 1 aromatic heterocycles. The molecule has 0 fully saturated rings. The second-order valence-corrected chi connectivity index (χ2v) is 5.99. The number of rotatable bonds is 11. The Kier molecular flexibility index (Phi) is 10.0. The first kappa shape index (κ1) is 19.4. The van der Waals surface area contributed by atoms with Gasteiger partial charge in [0.05, 0.1) is 0 Å². The molecular weight excluding hydrogens is 290 g/mol. The number of nitrogens with zero attached hydrogens (tertiary/aromatic N) is 5. The topological polar surface area (TPSA) is 70.4 Å². The van der Waals surface area contributed by atoms with Crippen LogP contribution in [0.3, 0.4) is 0 Å². The van der Waals surface area contributed by atoms with E-state index >= 15 is 0 Å². The van der Waals surface area contributed by atoms with Crippen LogP contribution < -0.4 is 10.6 Å². The Hall–Kier alpha value is -1.63. The molecule has 0 aromatic carbocycles. The van der Waals surface area contributed by atoms with Crippen molar-refractivity contribution in [3.8, 4) is 0 Å². The van der Waals surface area contributed by atoms with Crippen LogP contribution in [0.2, 0.25) is 0 Å². The third-order valence-corrected chi connectivity index (χ3v) is 3.60. The van der Waals surface area contributed by atoms with Crippen LogP contribution in [0.4, 0.5) is 0 Å². The maximum atomic E-state index is 4.55. The number of nitrogens with one attached hydrogen (secondary N) is 2. The fourth-order valence-electron chi connectivity index (χ4n) is 2.24. The molecule has 0 aliphatic heterocycles. The maximum absolute atomic E-state index is 4.55. The fraction of sp³-hybridized carbons (Fsp3) is 0.812. The number of guanidine groups is 1. The van der Waals surface area contributed by atoms with Crippen LogP contribution in [0.5, 0.6) is 0 Å². The predicted molar refractivity (Wildman–Crippen MR) is 95.5 cm³/mol. The van der Waals surface area contributed by atoms with Crippen molar-refractivity contribution in [1.29, 1.82) is 0 Å². The average Bonchev–Trinajstić information content (AvgIpc) is 2.92. The molecule has 0 saturated heterocycles. The van der Waals surface area contributed by atoms with Gasteiger partial charge in [-0.05, 0) is 40.4 Å². The first-order valence-corrected chi connectivity index (χ1v) is 8.63. The van der Waals surface area contributed by atoms with E-state index in [4.69, 9.17) is 0 Å². The van der Waals surface area contributed by atoms with Crippen LogP contribution in [0, 0.1) is 0 Å². The lowest BCUT2D eigenvalue weighted by molar-refractivity contribution is 0.389. The van der Waals surface area contributed by atoms with E-state index in [-0.39, 0.29) is 0 Å². The molecule has 0 unspecified atom stereocenters. The largest absolute Gasteiger partial charge is 0.357 e. The average molecular weight is 323 g/mol. The van der Waals surface area contributed by atoms with E-state index in [0.29, 0.717) is 6.54 Å². The lowest BCUT2D eigenvalue weighted by Crippen LogP contribution is -2.37. The summed E-state index contributed by atoms with van der Waals surface area (Å²) in [4.78, 5) is 11.0. The first-order chi connectivity index (χ1) is 11.1. The van der Waals surface area contributed by atoms with Gasteiger partial charge in [-0.3, -0.25) is 4.68 Å². The van der Waals surface area contributed by atoms with Crippen molar-refractivity contribution >= 4 is 5.96 Å². The minimum atomic E-state index is 0.538. The van der Waals surface area contributed by atoms with E-state index in [0.717, 1.165) is 24.9 Å². The van der Waals surface area contributed by atoms with Crippen LogP contribution in [0.1, 0.15) is 44.9 Å². The standard InChI is InChI=1S/C16H33N7/c1-5-17-16(19-13-15-20-14-21-23(15)4)18-11-9-7-6-8-10-12-22(2)3/h14H,5-13H2,1-4H3,(H2,17,18,19). The molecule has 1 aromatic rings. The molecule has 1 rings (SSSR count). The van der Waals surface area contributed by atoms with Crippen molar-refractivity contribution in [2.45, 2.75) is 45.6 Å². The molecule has 0 spiro atoms. The van der Waals surface area contributed by atoms with E-state index in [1.165, 1.54) is 38.6 Å². The van der Waals surface area contributed by atoms with Crippen LogP contribution in [-0.2, 0) is 13.6 Å². The molecular formula is C16H33N7. The number of aryl methyl sites for hydroxylation is 1. The lowest BCUT2D eigenvalue weighted by atomic mass is 10.1. The first-order valence-electron chi connectivity index (χ1n) is 8.63. The highest BCUT2D eigenvalue weighted by Crippen LogP contribution is 2.02. The Bertz CT molecular complexity index is 439. The van der Waals surface area contributed by atoms with Gasteiger partial charge in [0.1, 0.15) is 18.7 Å². The van der Waals surface area contributed by atoms with Gasteiger partial charge in [-0.15, -0.1) is 0 Å². The van der Waals surface area contributed by atoms with Gasteiger partial charge in [-0.2, -0.15) is 5.10 Å². The number of hydrogen-bond donors (Lipinski definition) is 2. The molecule has 0 saturated carbocycles. The molecule has 7 heteroatoms. The van der Waals surface area contributed by atoms with E-state index in [2.05, 4.69) is 51.6 Å². The van der Waals surface area contributed by atoms with Gasteiger partial charge in [-0.25, -0.2) is 9.98 Å². The Labute approximate surface area is 140 Å². The van der Waals surface area contributed by atoms with E-state index in [1.54, 1.807) is 11.0 Å². The predicted octanol–water partition coefficient (Wildman–Crippen LogP) is 1.38. The summed E-state index contributed by atoms with van der Waals surface area (Å²) in [5.74, 6) is 1.71. The molecule has 0 amide bonds. The summed E-state index contributed by atoms with van der Waals surface area (Å²) >= 11 is 0. The highest BCUT2D eigenvalue weighted by Gasteiger charge is 2.01. The Morgan fingerprint density at radius 2 is 1.91 bits per heavy atom. The Morgan fingerprint density at radius 3 is 2.57 bits per heavy atom. The van der Waals surface area contributed by atoms with Crippen molar-refractivity contribution in [2.24, 2.45) is 12.0 Å². The van der Waals surface area contributed by atoms with E-state index in [9.17, 15) is 0 Å². The molecule has 0 radical (unpaired) electrons. The number of unbranched alkanes of at least 4 members (excludes halogenated alkanes) is 4. The van der Waals surface area contributed by atoms with Crippen LogP contribution >= 0.6 is 0 Å². The molecule has 1 heterocycles. The van der Waals surface area contributed by atoms with Gasteiger partial charge in [0.15, 0.2) is 5.96 Å². The maximum Gasteiger partial charge on any atom is 0.191 e. The van der Waals surface area contributed by atoms with Crippen LogP contribution in [0.25, 0.3) is 0 Å². The van der Waals surface area contributed by atoms with Gasteiger partial charge in [0.25, 0.3) is 0 Å². The summed E-state index contributed by atoms with van der Waals surface area (Å²) in [6, 6.07) is 0. The van der Waals surface area contributed by atoms with Crippen molar-refractivity contribution in [3.63, 3.8) is 0 Å². The summed E-state index contributed by atoms with van der Waals surface area (Å²) in [5, 5.41) is 10.7. The highest BCUT2D eigenvalue weighted by molar-refractivity contribution is 5.79. The zero-order valence-electron chi connectivity index (χ0n) is 15.2. The summed E-state index contributed by atoms with van der Waals surface area (Å²) in [6.07, 6.45) is 7.92. The van der Waals surface area contributed by atoms with E-state index < -0.39 is 0 Å². The van der Waals surface area contributed by atoms with Gasteiger partial charge < -0.3 is 15.5 Å². The van der Waals surface area contributed by atoms with Crippen LogP contribution in [0.15, 0.2) is 11.3 Å². The summed E-state index contributed by atoms with van der Waals surface area (Å²) < 4.78 is 1.75. The second-order valence-electron chi connectivity index (χ2n) is 5.99. The summed E-state index contributed by atoms with van der Waals surface area (Å²) in [7, 11) is 6.15. The van der Waals surface area contributed by atoms with Crippen molar-refractivity contribution in [1.82, 2.24) is 30.3 Å².